The monoisotopic (exact) mass is 316 g/mol. The molecule has 9 heteroatoms. The van der Waals surface area contributed by atoms with Crippen molar-refractivity contribution in [2.24, 2.45) is 0 Å². The lowest BCUT2D eigenvalue weighted by Gasteiger charge is -2.06. The summed E-state index contributed by atoms with van der Waals surface area (Å²) in [5.74, 6) is -1.24. The van der Waals surface area contributed by atoms with Crippen molar-refractivity contribution in [3.05, 3.63) is 40.7 Å². The fourth-order valence-electron chi connectivity index (χ4n) is 1.41. The number of sulfonamides is 1. The molecule has 7 nitrogen and oxygen atoms in total. The van der Waals surface area contributed by atoms with Gasteiger partial charge in [-0.25, -0.2) is 17.9 Å². The van der Waals surface area contributed by atoms with E-state index in [2.05, 4.69) is 9.71 Å². The molecule has 0 aliphatic carbocycles. The molecule has 0 aliphatic heterocycles. The van der Waals surface area contributed by atoms with Crippen molar-refractivity contribution in [2.45, 2.75) is 11.8 Å². The van der Waals surface area contributed by atoms with Crippen LogP contribution in [-0.2, 0) is 10.0 Å². The van der Waals surface area contributed by atoms with Gasteiger partial charge in [-0.2, -0.15) is 4.98 Å². The van der Waals surface area contributed by atoms with Gasteiger partial charge >= 0.3 is 12.0 Å². The Kier molecular flexibility index (Phi) is 3.69. The number of carboxylic acid groups (broad SMARTS) is 1. The van der Waals surface area contributed by atoms with E-state index in [4.69, 9.17) is 21.1 Å². The molecule has 20 heavy (non-hydrogen) atoms. The van der Waals surface area contributed by atoms with Crippen LogP contribution in [0.2, 0.25) is 5.02 Å². The number of anilines is 1. The topological polar surface area (TPSA) is 110 Å². The molecule has 0 amide bonds. The highest BCUT2D eigenvalue weighted by Gasteiger charge is 2.19. The van der Waals surface area contributed by atoms with Crippen LogP contribution < -0.4 is 4.72 Å². The maximum atomic E-state index is 12.0. The van der Waals surface area contributed by atoms with Crippen molar-refractivity contribution in [2.75, 3.05) is 4.72 Å². The van der Waals surface area contributed by atoms with Gasteiger partial charge in [0, 0.05) is 0 Å². The predicted octanol–water partition coefficient (Wildman–Crippen LogP) is 2.14. The number of nitrogens with zero attached hydrogens (tertiary/aromatic N) is 1. The van der Waals surface area contributed by atoms with Crippen molar-refractivity contribution in [1.29, 1.82) is 0 Å². The molecular weight excluding hydrogens is 308 g/mol. The second-order valence-corrected chi connectivity index (χ2v) is 5.94. The number of aryl methyl sites for hydroxylation is 1. The number of hydrogen-bond acceptors (Lipinski definition) is 5. The molecule has 0 aliphatic rings. The summed E-state index contributed by atoms with van der Waals surface area (Å²) in [4.78, 5) is 14.4. The number of oxazole rings is 1. The zero-order valence-corrected chi connectivity index (χ0v) is 11.7. The van der Waals surface area contributed by atoms with E-state index in [0.717, 1.165) is 18.2 Å². The highest BCUT2D eigenvalue weighted by molar-refractivity contribution is 7.92. The summed E-state index contributed by atoms with van der Waals surface area (Å²) < 4.78 is 31.1. The van der Waals surface area contributed by atoms with Crippen molar-refractivity contribution in [1.82, 2.24) is 4.98 Å². The van der Waals surface area contributed by atoms with Gasteiger partial charge in [0.05, 0.1) is 21.2 Å². The number of carbonyl (C=O) groups is 1. The summed E-state index contributed by atoms with van der Waals surface area (Å²) in [7, 11) is -3.95. The summed E-state index contributed by atoms with van der Waals surface area (Å²) in [5.41, 5.74) is 0.333. The lowest BCUT2D eigenvalue weighted by molar-refractivity contribution is 0.0697. The molecule has 1 aromatic heterocycles. The third-order valence-corrected chi connectivity index (χ3v) is 3.95. The van der Waals surface area contributed by atoms with Gasteiger partial charge in [0.1, 0.15) is 6.26 Å². The van der Waals surface area contributed by atoms with Crippen molar-refractivity contribution < 1.29 is 22.7 Å². The average Bonchev–Trinajstić information content (AvgIpc) is 2.73. The van der Waals surface area contributed by atoms with Crippen LogP contribution >= 0.6 is 11.6 Å². The minimum atomic E-state index is -3.95. The number of aromatic carboxylic acids is 1. The van der Waals surface area contributed by atoms with Crippen molar-refractivity contribution in [3.8, 4) is 0 Å². The highest BCUT2D eigenvalue weighted by Crippen LogP contribution is 2.22. The minimum absolute atomic E-state index is 0.177. The standard InChI is InChI=1S/C11H9ClN2O5S/c1-6-5-19-11(13-6)14-20(17,18)7-2-3-8(10(15)16)9(12)4-7/h2-5H,1H3,(H,13,14)(H,15,16). The van der Waals surface area contributed by atoms with Crippen LogP contribution in [0.1, 0.15) is 16.1 Å². The predicted molar refractivity (Wildman–Crippen MR) is 70.5 cm³/mol. The zero-order valence-electron chi connectivity index (χ0n) is 10.1. The molecule has 2 N–H and O–H groups in total. The molecule has 1 heterocycles. The van der Waals surface area contributed by atoms with Gasteiger partial charge in [0.2, 0.25) is 0 Å². The van der Waals surface area contributed by atoms with E-state index in [0.29, 0.717) is 5.69 Å². The van der Waals surface area contributed by atoms with E-state index in [-0.39, 0.29) is 21.5 Å². The Labute approximate surface area is 119 Å². The number of carboxylic acids is 1. The van der Waals surface area contributed by atoms with E-state index in [1.165, 1.54) is 6.26 Å². The van der Waals surface area contributed by atoms with E-state index >= 15 is 0 Å². The molecule has 0 unspecified atom stereocenters. The average molecular weight is 317 g/mol. The van der Waals surface area contributed by atoms with Gasteiger partial charge in [0.15, 0.2) is 0 Å². The summed E-state index contributed by atoms with van der Waals surface area (Å²) in [5, 5.41) is 8.65. The van der Waals surface area contributed by atoms with Gasteiger partial charge in [-0.1, -0.05) is 11.6 Å². The molecule has 0 fully saturated rings. The number of nitrogens with one attached hydrogen (secondary N) is 1. The number of aromatic nitrogens is 1. The van der Waals surface area contributed by atoms with E-state index < -0.39 is 16.0 Å². The van der Waals surface area contributed by atoms with Crippen LogP contribution in [0.3, 0.4) is 0 Å². The lowest BCUT2D eigenvalue weighted by Crippen LogP contribution is -2.13. The first-order valence-electron chi connectivity index (χ1n) is 5.27. The van der Waals surface area contributed by atoms with Crippen LogP contribution in [-0.4, -0.2) is 24.5 Å². The van der Waals surface area contributed by atoms with Crippen molar-refractivity contribution in [3.63, 3.8) is 0 Å². The molecule has 0 bridgehead atoms. The summed E-state index contributed by atoms with van der Waals surface area (Å²) in [6.07, 6.45) is 1.29. The van der Waals surface area contributed by atoms with Gasteiger partial charge < -0.3 is 9.52 Å². The van der Waals surface area contributed by atoms with Gasteiger partial charge in [-0.05, 0) is 25.1 Å². The maximum absolute atomic E-state index is 12.0. The first-order chi connectivity index (χ1) is 9.29. The Balaban J connectivity index is 2.35. The fourth-order valence-corrected chi connectivity index (χ4v) is 2.70. The number of benzene rings is 1. The van der Waals surface area contributed by atoms with Gasteiger partial charge in [0.25, 0.3) is 10.0 Å². The summed E-state index contributed by atoms with van der Waals surface area (Å²) in [6.45, 7) is 1.64. The normalized spacial score (nSPS) is 11.3. The zero-order chi connectivity index (χ0) is 14.9. The molecule has 2 rings (SSSR count). The second kappa shape index (κ2) is 5.14. The number of halogens is 1. The number of hydrogen-bond donors (Lipinski definition) is 2. The SMILES string of the molecule is Cc1coc(NS(=O)(=O)c2ccc(C(=O)O)c(Cl)c2)n1. The Morgan fingerprint density at radius 3 is 2.65 bits per heavy atom. The van der Waals surface area contributed by atoms with Crippen LogP contribution in [0.5, 0.6) is 0 Å². The lowest BCUT2D eigenvalue weighted by atomic mass is 10.2. The van der Waals surface area contributed by atoms with Gasteiger partial charge in [-0.3, -0.25) is 0 Å². The highest BCUT2D eigenvalue weighted by atomic mass is 35.5. The molecule has 0 spiro atoms. The third-order valence-electron chi connectivity index (χ3n) is 2.32. The molecule has 0 atom stereocenters. The molecule has 1 aromatic carbocycles. The van der Waals surface area contributed by atoms with Crippen molar-refractivity contribution >= 4 is 33.6 Å². The first kappa shape index (κ1) is 14.4. The fraction of sp³-hybridized carbons (Fsp3) is 0.0909. The van der Waals surface area contributed by atoms with Crippen LogP contribution in [0.4, 0.5) is 6.01 Å². The Hall–Kier alpha value is -2.06. The van der Waals surface area contributed by atoms with Crippen LogP contribution in [0, 0.1) is 6.92 Å². The Morgan fingerprint density at radius 1 is 1.45 bits per heavy atom. The van der Waals surface area contributed by atoms with Gasteiger partial charge in [-0.15, -0.1) is 0 Å². The molecule has 0 saturated carbocycles. The van der Waals surface area contributed by atoms with E-state index in [1.807, 2.05) is 0 Å². The molecule has 106 valence electrons. The Bertz CT molecular complexity index is 769. The third kappa shape index (κ3) is 2.91. The molecule has 0 saturated heterocycles. The molecule has 0 radical (unpaired) electrons. The Morgan fingerprint density at radius 2 is 2.15 bits per heavy atom. The quantitative estimate of drug-likeness (QED) is 0.894. The molecule has 2 aromatic rings. The largest absolute Gasteiger partial charge is 0.478 e. The van der Waals surface area contributed by atoms with Crippen LogP contribution in [0.25, 0.3) is 0 Å². The van der Waals surface area contributed by atoms with Crippen LogP contribution in [0.15, 0.2) is 33.8 Å². The van der Waals surface area contributed by atoms with E-state index in [1.54, 1.807) is 6.92 Å². The smallest absolute Gasteiger partial charge is 0.337 e. The van der Waals surface area contributed by atoms with E-state index in [9.17, 15) is 13.2 Å². The molecular formula is C11H9ClN2O5S. The first-order valence-corrected chi connectivity index (χ1v) is 7.13. The summed E-state index contributed by atoms with van der Waals surface area (Å²) >= 11 is 5.73. The summed E-state index contributed by atoms with van der Waals surface area (Å²) in [6, 6.07) is 3.11. The minimum Gasteiger partial charge on any atom is -0.478 e. The number of rotatable bonds is 4. The maximum Gasteiger partial charge on any atom is 0.337 e. The second-order valence-electron chi connectivity index (χ2n) is 3.85.